The largest absolute Gasteiger partial charge is 0.497 e. The number of hydrogen-bond donors (Lipinski definition) is 0. The molecule has 0 spiro atoms. The van der Waals surface area contributed by atoms with Crippen LogP contribution in [-0.2, 0) is 5.41 Å². The molecule has 4 rings (SSSR count). The number of rotatable bonds is 4. The summed E-state index contributed by atoms with van der Waals surface area (Å²) in [5, 5.41) is 4.04. The van der Waals surface area contributed by atoms with Crippen molar-refractivity contribution in [3.63, 3.8) is 0 Å². The Bertz CT molecular complexity index is 1110. The Kier molecular flexibility index (Phi) is 6.00. The smallest absolute Gasteiger partial charge is 0.253 e. The van der Waals surface area contributed by atoms with Crippen LogP contribution in [0.3, 0.4) is 0 Å². The lowest BCUT2D eigenvalue weighted by molar-refractivity contribution is 0.0711. The van der Waals surface area contributed by atoms with Crippen LogP contribution in [0.1, 0.15) is 67.1 Å². The molecule has 1 aliphatic heterocycles. The summed E-state index contributed by atoms with van der Waals surface area (Å²) in [5.41, 5.74) is 3.18. The first-order valence-electron chi connectivity index (χ1n) is 11.0. The molecule has 2 aromatic heterocycles. The first-order valence-corrected chi connectivity index (χ1v) is 11.0. The molecule has 0 saturated carbocycles. The van der Waals surface area contributed by atoms with E-state index in [0.717, 1.165) is 35.6 Å². The fraction of sp³-hybridized carbons (Fsp3) is 0.440. The van der Waals surface area contributed by atoms with Crippen LogP contribution in [0.4, 0.5) is 0 Å². The van der Waals surface area contributed by atoms with Crippen molar-refractivity contribution in [3.8, 4) is 17.1 Å². The summed E-state index contributed by atoms with van der Waals surface area (Å²) >= 11 is 0. The molecule has 0 unspecified atom stereocenters. The molecule has 1 saturated heterocycles. The minimum Gasteiger partial charge on any atom is -0.497 e. The highest BCUT2D eigenvalue weighted by Crippen LogP contribution is 2.35. The number of aryl methyl sites for hydroxylation is 1. The third-order valence-corrected chi connectivity index (χ3v) is 5.87. The fourth-order valence-electron chi connectivity index (χ4n) is 4.04. The van der Waals surface area contributed by atoms with Gasteiger partial charge in [-0.05, 0) is 38.0 Å². The topological polar surface area (TPSA) is 81.4 Å². The monoisotopic (exact) mass is 434 g/mol. The lowest BCUT2D eigenvalue weighted by atomic mass is 9.88. The molecule has 3 aromatic rings. The molecule has 168 valence electrons. The fourth-order valence-corrected chi connectivity index (χ4v) is 4.04. The van der Waals surface area contributed by atoms with Gasteiger partial charge >= 0.3 is 0 Å². The van der Waals surface area contributed by atoms with E-state index in [1.807, 2.05) is 42.3 Å². The number of hydrogen-bond acceptors (Lipinski definition) is 6. The number of methoxy groups -OCH3 is 1. The Labute approximate surface area is 188 Å². The molecular formula is C25H30N4O3. The molecule has 1 amide bonds. The molecule has 0 aliphatic carbocycles. The van der Waals surface area contributed by atoms with Crippen LogP contribution < -0.4 is 4.74 Å². The van der Waals surface area contributed by atoms with Crippen molar-refractivity contribution < 1.29 is 14.1 Å². The summed E-state index contributed by atoms with van der Waals surface area (Å²) < 4.78 is 10.8. The molecule has 1 aliphatic rings. The highest BCUT2D eigenvalue weighted by molar-refractivity contribution is 5.94. The van der Waals surface area contributed by atoms with Crippen molar-refractivity contribution in [2.75, 3.05) is 20.2 Å². The number of aromatic nitrogens is 3. The number of amides is 1. The summed E-state index contributed by atoms with van der Waals surface area (Å²) in [4.78, 5) is 24.5. The number of piperidine rings is 1. The second-order valence-corrected chi connectivity index (χ2v) is 9.37. The number of benzene rings is 1. The molecule has 0 atom stereocenters. The van der Waals surface area contributed by atoms with Gasteiger partial charge in [-0.3, -0.25) is 4.79 Å². The number of nitrogens with zero attached hydrogens (tertiary/aromatic N) is 4. The lowest BCUT2D eigenvalue weighted by Gasteiger charge is -2.33. The van der Waals surface area contributed by atoms with Gasteiger partial charge in [-0.1, -0.05) is 32.0 Å². The zero-order chi connectivity index (χ0) is 22.9. The first kappa shape index (κ1) is 22.0. The van der Waals surface area contributed by atoms with E-state index < -0.39 is 0 Å². The zero-order valence-electron chi connectivity index (χ0n) is 19.4. The molecule has 3 heterocycles. The average Bonchev–Trinajstić information content (AvgIpc) is 3.24. The van der Waals surface area contributed by atoms with Gasteiger partial charge in [0, 0.05) is 42.2 Å². The maximum Gasteiger partial charge on any atom is 0.253 e. The molecule has 1 aromatic carbocycles. The summed E-state index contributed by atoms with van der Waals surface area (Å²) in [6.45, 7) is 9.58. The van der Waals surface area contributed by atoms with E-state index in [0.29, 0.717) is 30.2 Å². The standard InChI is InChI=1S/C25H30N4O3/c1-16-13-21(32-28-16)20-15-26-24(25(2,3)4)27-22(20)17-9-11-29(12-10-17)23(30)18-7-6-8-19(14-18)31-5/h6-8,13-15,17H,9-12H2,1-5H3. The van der Waals surface area contributed by atoms with Crippen LogP contribution in [0, 0.1) is 6.92 Å². The van der Waals surface area contributed by atoms with Crippen LogP contribution in [-0.4, -0.2) is 46.1 Å². The van der Waals surface area contributed by atoms with E-state index >= 15 is 0 Å². The molecule has 0 N–H and O–H groups in total. The third kappa shape index (κ3) is 4.52. The van der Waals surface area contributed by atoms with Gasteiger partial charge in [-0.2, -0.15) is 0 Å². The van der Waals surface area contributed by atoms with Crippen LogP contribution in [0.2, 0.25) is 0 Å². The average molecular weight is 435 g/mol. The van der Waals surface area contributed by atoms with E-state index in [4.69, 9.17) is 14.2 Å². The van der Waals surface area contributed by atoms with Crippen molar-refractivity contribution in [1.82, 2.24) is 20.0 Å². The van der Waals surface area contributed by atoms with E-state index in [9.17, 15) is 4.79 Å². The predicted octanol–water partition coefficient (Wildman–Crippen LogP) is 4.77. The lowest BCUT2D eigenvalue weighted by Crippen LogP contribution is -2.38. The van der Waals surface area contributed by atoms with Gasteiger partial charge in [-0.15, -0.1) is 0 Å². The van der Waals surface area contributed by atoms with Crippen molar-refractivity contribution >= 4 is 5.91 Å². The summed E-state index contributed by atoms with van der Waals surface area (Å²) in [6, 6.07) is 9.23. The van der Waals surface area contributed by atoms with Gasteiger partial charge in [-0.25, -0.2) is 9.97 Å². The van der Waals surface area contributed by atoms with E-state index in [1.165, 1.54) is 0 Å². The zero-order valence-corrected chi connectivity index (χ0v) is 19.4. The molecular weight excluding hydrogens is 404 g/mol. The van der Waals surface area contributed by atoms with Crippen molar-refractivity contribution in [1.29, 1.82) is 0 Å². The van der Waals surface area contributed by atoms with Gasteiger partial charge in [0.2, 0.25) is 0 Å². The van der Waals surface area contributed by atoms with E-state index in [2.05, 4.69) is 30.9 Å². The Hall–Kier alpha value is -3.22. The number of carbonyl (C=O) groups is 1. The second kappa shape index (κ2) is 8.73. The summed E-state index contributed by atoms with van der Waals surface area (Å²) in [6.07, 6.45) is 3.52. The minimum absolute atomic E-state index is 0.0338. The second-order valence-electron chi connectivity index (χ2n) is 9.37. The molecule has 1 fully saturated rings. The molecule has 0 radical (unpaired) electrons. The van der Waals surface area contributed by atoms with Gasteiger partial charge in [0.15, 0.2) is 5.76 Å². The Morgan fingerprint density at radius 3 is 2.56 bits per heavy atom. The highest BCUT2D eigenvalue weighted by atomic mass is 16.5. The van der Waals surface area contributed by atoms with Gasteiger partial charge in [0.25, 0.3) is 5.91 Å². The number of ether oxygens (including phenoxy) is 1. The Morgan fingerprint density at radius 1 is 1.19 bits per heavy atom. The Morgan fingerprint density at radius 2 is 1.94 bits per heavy atom. The van der Waals surface area contributed by atoms with Crippen LogP contribution in [0.25, 0.3) is 11.3 Å². The maximum atomic E-state index is 13.0. The molecule has 32 heavy (non-hydrogen) atoms. The van der Waals surface area contributed by atoms with Crippen LogP contribution >= 0.6 is 0 Å². The van der Waals surface area contributed by atoms with Gasteiger partial charge in [0.05, 0.1) is 24.1 Å². The normalized spacial score (nSPS) is 15.1. The van der Waals surface area contributed by atoms with Crippen LogP contribution in [0.5, 0.6) is 5.75 Å². The molecule has 7 heteroatoms. The quantitative estimate of drug-likeness (QED) is 0.589. The first-order chi connectivity index (χ1) is 15.3. The van der Waals surface area contributed by atoms with Crippen molar-refractivity contribution in [3.05, 3.63) is 59.3 Å². The number of likely N-dealkylation sites (tertiary alicyclic amines) is 1. The molecule has 7 nitrogen and oxygen atoms in total. The van der Waals surface area contributed by atoms with E-state index in [-0.39, 0.29) is 17.2 Å². The third-order valence-electron chi connectivity index (χ3n) is 5.87. The van der Waals surface area contributed by atoms with Crippen LogP contribution in [0.15, 0.2) is 41.1 Å². The Balaban J connectivity index is 1.57. The van der Waals surface area contributed by atoms with Crippen molar-refractivity contribution in [2.45, 2.75) is 51.9 Å². The number of carbonyl (C=O) groups excluding carboxylic acids is 1. The van der Waals surface area contributed by atoms with E-state index in [1.54, 1.807) is 13.2 Å². The minimum atomic E-state index is -0.159. The van der Waals surface area contributed by atoms with Crippen molar-refractivity contribution in [2.24, 2.45) is 0 Å². The summed E-state index contributed by atoms with van der Waals surface area (Å²) in [5.74, 6) is 2.43. The predicted molar refractivity (Wildman–Crippen MR) is 122 cm³/mol. The van der Waals surface area contributed by atoms with Gasteiger partial charge < -0.3 is 14.2 Å². The highest BCUT2D eigenvalue weighted by Gasteiger charge is 2.30. The summed E-state index contributed by atoms with van der Waals surface area (Å²) in [7, 11) is 1.61. The maximum absolute atomic E-state index is 13.0. The SMILES string of the molecule is COc1cccc(C(=O)N2CCC(c3nc(C(C)(C)C)ncc3-c3cc(C)no3)CC2)c1. The molecule has 0 bridgehead atoms. The van der Waals surface area contributed by atoms with Gasteiger partial charge in [0.1, 0.15) is 11.6 Å².